The fourth-order valence-corrected chi connectivity index (χ4v) is 3.00. The molecule has 2 aromatic carbocycles. The maximum Gasteiger partial charge on any atom is 0.237 e. The molecule has 0 aliphatic carbocycles. The van der Waals surface area contributed by atoms with Crippen molar-refractivity contribution in [3.63, 3.8) is 0 Å². The number of amides is 2. The lowest BCUT2D eigenvalue weighted by Crippen LogP contribution is -2.25. The molecular weight excluding hydrogens is 395 g/mol. The average molecular weight is 413 g/mol. The number of carbonyl (C=O) groups is 2. The maximum atomic E-state index is 12.2. The Morgan fingerprint density at radius 2 is 1.81 bits per heavy atom. The topological polar surface area (TPSA) is 67.4 Å². The van der Waals surface area contributed by atoms with Crippen molar-refractivity contribution in [3.8, 4) is 5.75 Å². The van der Waals surface area contributed by atoms with Gasteiger partial charge in [0.05, 0.1) is 28.8 Å². The Kier molecular flexibility index (Phi) is 7.63. The summed E-state index contributed by atoms with van der Waals surface area (Å²) in [6.07, 6.45) is 0. The molecule has 8 heteroatoms. The van der Waals surface area contributed by atoms with Crippen molar-refractivity contribution in [1.29, 1.82) is 0 Å². The van der Waals surface area contributed by atoms with Gasteiger partial charge in [0.25, 0.3) is 0 Å². The lowest BCUT2D eigenvalue weighted by atomic mass is 10.3. The largest absolute Gasteiger partial charge is 0.497 e. The average Bonchev–Trinajstić information content (AvgIpc) is 2.63. The molecule has 0 aromatic heterocycles. The first-order valence-corrected chi connectivity index (χ1v) is 9.51. The van der Waals surface area contributed by atoms with E-state index in [9.17, 15) is 9.59 Å². The zero-order chi connectivity index (χ0) is 19.1. The Balaban J connectivity index is 1.82. The molecular formula is C18H18Cl2N2O3S. The number of hydrogen-bond donors (Lipinski definition) is 2. The van der Waals surface area contributed by atoms with Crippen molar-refractivity contribution in [2.75, 3.05) is 23.5 Å². The molecule has 0 heterocycles. The Labute approximate surface area is 166 Å². The van der Waals surface area contributed by atoms with Crippen molar-refractivity contribution in [2.24, 2.45) is 0 Å². The van der Waals surface area contributed by atoms with Crippen molar-refractivity contribution in [2.45, 2.75) is 12.2 Å². The van der Waals surface area contributed by atoms with Crippen LogP contribution in [0.1, 0.15) is 6.92 Å². The van der Waals surface area contributed by atoms with E-state index in [4.69, 9.17) is 27.9 Å². The van der Waals surface area contributed by atoms with Gasteiger partial charge in [0.1, 0.15) is 5.75 Å². The second-order valence-corrected chi connectivity index (χ2v) is 7.52. The van der Waals surface area contributed by atoms with Crippen molar-refractivity contribution in [1.82, 2.24) is 0 Å². The van der Waals surface area contributed by atoms with Crippen LogP contribution in [0.5, 0.6) is 5.75 Å². The summed E-state index contributed by atoms with van der Waals surface area (Å²) in [6.45, 7) is 1.72. The van der Waals surface area contributed by atoms with Crippen LogP contribution >= 0.6 is 35.0 Å². The molecule has 5 nitrogen and oxygen atoms in total. The molecule has 138 valence electrons. The van der Waals surface area contributed by atoms with Crippen molar-refractivity contribution < 1.29 is 14.3 Å². The number of carbonyl (C=O) groups excluding carboxylic acids is 2. The number of rotatable bonds is 7. The molecule has 0 aliphatic heterocycles. The minimum Gasteiger partial charge on any atom is -0.497 e. The van der Waals surface area contributed by atoms with Crippen LogP contribution in [0.15, 0.2) is 42.5 Å². The number of ether oxygens (including phenoxy) is 1. The molecule has 0 bridgehead atoms. The van der Waals surface area contributed by atoms with Gasteiger partial charge in [0.2, 0.25) is 11.8 Å². The number of halogens is 2. The smallest absolute Gasteiger partial charge is 0.237 e. The normalized spacial score (nSPS) is 11.5. The highest BCUT2D eigenvalue weighted by molar-refractivity contribution is 8.01. The zero-order valence-corrected chi connectivity index (χ0v) is 16.5. The predicted octanol–water partition coefficient (Wildman–Crippen LogP) is 4.70. The van der Waals surface area contributed by atoms with Crippen LogP contribution in [-0.2, 0) is 9.59 Å². The minimum absolute atomic E-state index is 0.143. The summed E-state index contributed by atoms with van der Waals surface area (Å²) >= 11 is 13.2. The summed E-state index contributed by atoms with van der Waals surface area (Å²) in [5, 5.41) is 5.92. The summed E-state index contributed by atoms with van der Waals surface area (Å²) in [5.74, 6) is 0.406. The van der Waals surface area contributed by atoms with E-state index in [2.05, 4.69) is 10.6 Å². The maximum absolute atomic E-state index is 12.2. The molecule has 2 N–H and O–H groups in total. The quantitative estimate of drug-likeness (QED) is 0.691. The first kappa shape index (κ1) is 20.4. The van der Waals surface area contributed by atoms with E-state index >= 15 is 0 Å². The van der Waals surface area contributed by atoms with E-state index in [1.807, 2.05) is 0 Å². The van der Waals surface area contributed by atoms with E-state index in [1.54, 1.807) is 56.5 Å². The van der Waals surface area contributed by atoms with Gasteiger partial charge in [-0.3, -0.25) is 9.59 Å². The molecule has 0 unspecified atom stereocenters. The standard InChI is InChI=1S/C18H18Cl2N2O3S/c1-11(18(24)22-16-9-12(19)3-8-15(16)20)26-10-17(23)21-13-4-6-14(25-2)7-5-13/h3-9,11H,10H2,1-2H3,(H,21,23)(H,22,24)/t11-/m1/s1. The highest BCUT2D eigenvalue weighted by Gasteiger charge is 2.17. The summed E-state index contributed by atoms with van der Waals surface area (Å²) in [5.41, 5.74) is 1.11. The number of benzene rings is 2. The van der Waals surface area contributed by atoms with Gasteiger partial charge in [-0.05, 0) is 49.4 Å². The van der Waals surface area contributed by atoms with Gasteiger partial charge in [-0.25, -0.2) is 0 Å². The highest BCUT2D eigenvalue weighted by atomic mass is 35.5. The number of anilines is 2. The second kappa shape index (κ2) is 9.71. The summed E-state index contributed by atoms with van der Waals surface area (Å²) in [4.78, 5) is 24.3. The van der Waals surface area contributed by atoms with E-state index < -0.39 is 5.25 Å². The second-order valence-electron chi connectivity index (χ2n) is 5.34. The van der Waals surface area contributed by atoms with Gasteiger partial charge in [-0.15, -0.1) is 11.8 Å². The third kappa shape index (κ3) is 6.12. The van der Waals surface area contributed by atoms with Crippen LogP contribution in [0.4, 0.5) is 11.4 Å². The number of nitrogens with one attached hydrogen (secondary N) is 2. The van der Waals surface area contributed by atoms with Gasteiger partial charge >= 0.3 is 0 Å². The zero-order valence-electron chi connectivity index (χ0n) is 14.2. The fraction of sp³-hybridized carbons (Fsp3) is 0.222. The van der Waals surface area contributed by atoms with Gasteiger partial charge in [0.15, 0.2) is 0 Å². The first-order valence-electron chi connectivity index (χ1n) is 7.70. The fourth-order valence-electron chi connectivity index (χ4n) is 1.98. The molecule has 2 amide bonds. The summed E-state index contributed by atoms with van der Waals surface area (Å²) in [7, 11) is 1.58. The van der Waals surface area contributed by atoms with Gasteiger partial charge in [0, 0.05) is 10.7 Å². The molecule has 0 fully saturated rings. The van der Waals surface area contributed by atoms with E-state index in [-0.39, 0.29) is 17.6 Å². The van der Waals surface area contributed by atoms with Crippen molar-refractivity contribution >= 4 is 58.2 Å². The number of thioether (sulfide) groups is 1. The SMILES string of the molecule is COc1ccc(NC(=O)CS[C@H](C)C(=O)Nc2cc(Cl)ccc2Cl)cc1. The third-order valence-electron chi connectivity index (χ3n) is 3.39. The number of methoxy groups -OCH3 is 1. The molecule has 26 heavy (non-hydrogen) atoms. The Hall–Kier alpha value is -1.89. The van der Waals surface area contributed by atoms with Crippen LogP contribution < -0.4 is 15.4 Å². The van der Waals surface area contributed by atoms with E-state index in [1.165, 1.54) is 11.8 Å². The molecule has 0 saturated carbocycles. The van der Waals surface area contributed by atoms with Crippen LogP contribution in [0.2, 0.25) is 10.0 Å². The molecule has 2 rings (SSSR count). The van der Waals surface area contributed by atoms with Gasteiger partial charge < -0.3 is 15.4 Å². The minimum atomic E-state index is -0.438. The summed E-state index contributed by atoms with van der Waals surface area (Å²) < 4.78 is 5.07. The lowest BCUT2D eigenvalue weighted by Gasteiger charge is -2.13. The Morgan fingerprint density at radius 1 is 1.12 bits per heavy atom. The summed E-state index contributed by atoms with van der Waals surface area (Å²) in [6, 6.07) is 11.8. The van der Waals surface area contributed by atoms with E-state index in [0.717, 1.165) is 0 Å². The molecule has 2 aromatic rings. The predicted molar refractivity (Wildman–Crippen MR) is 109 cm³/mol. The third-order valence-corrected chi connectivity index (χ3v) is 5.10. The van der Waals surface area contributed by atoms with Crippen molar-refractivity contribution in [3.05, 3.63) is 52.5 Å². The van der Waals surface area contributed by atoms with Crippen LogP contribution in [0, 0.1) is 0 Å². The lowest BCUT2D eigenvalue weighted by molar-refractivity contribution is -0.115. The van der Waals surface area contributed by atoms with Crippen LogP contribution in [0.25, 0.3) is 0 Å². The van der Waals surface area contributed by atoms with Crippen LogP contribution in [-0.4, -0.2) is 29.9 Å². The van der Waals surface area contributed by atoms with Gasteiger partial charge in [-0.1, -0.05) is 23.2 Å². The van der Waals surface area contributed by atoms with E-state index in [0.29, 0.717) is 27.2 Å². The molecule has 0 saturated heterocycles. The highest BCUT2D eigenvalue weighted by Crippen LogP contribution is 2.26. The molecule has 0 aliphatic rings. The van der Waals surface area contributed by atoms with Gasteiger partial charge in [-0.2, -0.15) is 0 Å². The molecule has 0 radical (unpaired) electrons. The number of hydrogen-bond acceptors (Lipinski definition) is 4. The molecule has 1 atom stereocenters. The molecule has 0 spiro atoms. The van der Waals surface area contributed by atoms with Crippen LogP contribution in [0.3, 0.4) is 0 Å². The Morgan fingerprint density at radius 3 is 2.46 bits per heavy atom. The monoisotopic (exact) mass is 412 g/mol. The first-order chi connectivity index (χ1) is 12.4. The Bertz CT molecular complexity index is 785.